The molecular weight excluding hydrogens is 146 g/mol. The lowest BCUT2D eigenvalue weighted by Gasteiger charge is -2.24. The fraction of sp³-hybridized carbons (Fsp3) is 0.750. The zero-order chi connectivity index (χ0) is 8.04. The Morgan fingerprint density at radius 1 is 1.60 bits per heavy atom. The van der Waals surface area contributed by atoms with Gasteiger partial charge in [-0.15, -0.1) is 18.2 Å². The Morgan fingerprint density at radius 2 is 2.20 bits per heavy atom. The Labute approximate surface area is 68.5 Å². The first-order chi connectivity index (χ1) is 4.62. The number of rotatable bonds is 5. The van der Waals surface area contributed by atoms with Crippen LogP contribution < -0.4 is 5.32 Å². The van der Waals surface area contributed by atoms with E-state index in [1.165, 1.54) is 0 Å². The summed E-state index contributed by atoms with van der Waals surface area (Å²) in [5, 5.41) is 3.31. The lowest BCUT2D eigenvalue weighted by molar-refractivity contribution is 0.397. The van der Waals surface area contributed by atoms with Crippen molar-refractivity contribution in [1.82, 2.24) is 5.32 Å². The average molecular weight is 162 g/mol. The maximum atomic E-state index is 5.60. The minimum Gasteiger partial charge on any atom is -0.308 e. The molecule has 0 saturated carbocycles. The van der Waals surface area contributed by atoms with Gasteiger partial charge in [-0.25, -0.2) is 0 Å². The zero-order valence-corrected chi connectivity index (χ0v) is 7.54. The molecule has 0 saturated heterocycles. The maximum Gasteiger partial charge on any atom is 0.0240 e. The van der Waals surface area contributed by atoms with Crippen LogP contribution in [0.2, 0.25) is 0 Å². The molecule has 0 atom stereocenters. The van der Waals surface area contributed by atoms with Crippen LogP contribution in [0.5, 0.6) is 0 Å². The van der Waals surface area contributed by atoms with E-state index < -0.39 is 0 Å². The van der Waals surface area contributed by atoms with Gasteiger partial charge in [0.1, 0.15) is 0 Å². The molecular formula is C8H16ClN. The van der Waals surface area contributed by atoms with Crippen molar-refractivity contribution in [3.05, 3.63) is 12.7 Å². The van der Waals surface area contributed by atoms with Gasteiger partial charge in [0.25, 0.3) is 0 Å². The van der Waals surface area contributed by atoms with Crippen LogP contribution in [0.4, 0.5) is 0 Å². The first-order valence-electron chi connectivity index (χ1n) is 3.54. The van der Waals surface area contributed by atoms with Crippen molar-refractivity contribution in [3.63, 3.8) is 0 Å². The van der Waals surface area contributed by atoms with E-state index in [9.17, 15) is 0 Å². The van der Waals surface area contributed by atoms with Crippen molar-refractivity contribution >= 4 is 11.6 Å². The molecule has 0 aromatic heterocycles. The third-order valence-corrected chi connectivity index (χ3v) is 1.63. The van der Waals surface area contributed by atoms with Gasteiger partial charge in [-0.2, -0.15) is 0 Å². The van der Waals surface area contributed by atoms with Gasteiger partial charge in [0.2, 0.25) is 0 Å². The molecule has 0 fully saturated rings. The van der Waals surface area contributed by atoms with Crippen molar-refractivity contribution < 1.29 is 0 Å². The van der Waals surface area contributed by atoms with Crippen LogP contribution in [-0.2, 0) is 0 Å². The van der Waals surface area contributed by atoms with Gasteiger partial charge in [-0.1, -0.05) is 6.08 Å². The SMILES string of the molecule is C=CCNC(C)(C)CCCl. The molecule has 0 aliphatic carbocycles. The number of halogens is 1. The maximum absolute atomic E-state index is 5.60. The van der Waals surface area contributed by atoms with Crippen LogP contribution in [0.25, 0.3) is 0 Å². The monoisotopic (exact) mass is 161 g/mol. The van der Waals surface area contributed by atoms with Gasteiger partial charge >= 0.3 is 0 Å². The van der Waals surface area contributed by atoms with E-state index in [4.69, 9.17) is 11.6 Å². The molecule has 0 aromatic carbocycles. The molecule has 0 heterocycles. The highest BCUT2D eigenvalue weighted by atomic mass is 35.5. The first kappa shape index (κ1) is 9.99. The number of hydrogen-bond acceptors (Lipinski definition) is 1. The van der Waals surface area contributed by atoms with Gasteiger partial charge in [-0.05, 0) is 20.3 Å². The molecule has 0 unspecified atom stereocenters. The van der Waals surface area contributed by atoms with Crippen LogP contribution in [0.15, 0.2) is 12.7 Å². The summed E-state index contributed by atoms with van der Waals surface area (Å²) in [6.45, 7) is 8.76. The van der Waals surface area contributed by atoms with E-state index >= 15 is 0 Å². The van der Waals surface area contributed by atoms with Crippen LogP contribution >= 0.6 is 11.6 Å². The zero-order valence-electron chi connectivity index (χ0n) is 6.78. The molecule has 0 rings (SSSR count). The van der Waals surface area contributed by atoms with Crippen LogP contribution in [-0.4, -0.2) is 18.0 Å². The molecule has 0 radical (unpaired) electrons. The molecule has 0 aromatic rings. The second-order valence-electron chi connectivity index (χ2n) is 2.99. The van der Waals surface area contributed by atoms with E-state index in [1.807, 2.05) is 6.08 Å². The van der Waals surface area contributed by atoms with Crippen molar-refractivity contribution in [2.24, 2.45) is 0 Å². The highest BCUT2D eigenvalue weighted by Gasteiger charge is 2.13. The topological polar surface area (TPSA) is 12.0 Å². The lowest BCUT2D eigenvalue weighted by atomic mass is 10.0. The molecule has 0 aliphatic rings. The molecule has 1 N–H and O–H groups in total. The largest absolute Gasteiger partial charge is 0.308 e. The summed E-state index contributed by atoms with van der Waals surface area (Å²) >= 11 is 5.60. The van der Waals surface area contributed by atoms with Gasteiger partial charge in [-0.3, -0.25) is 0 Å². The number of hydrogen-bond donors (Lipinski definition) is 1. The van der Waals surface area contributed by atoms with Crippen molar-refractivity contribution in [3.8, 4) is 0 Å². The fourth-order valence-electron chi connectivity index (χ4n) is 0.673. The number of nitrogens with one attached hydrogen (secondary N) is 1. The Morgan fingerprint density at radius 3 is 2.60 bits per heavy atom. The van der Waals surface area contributed by atoms with E-state index in [2.05, 4.69) is 25.7 Å². The highest BCUT2D eigenvalue weighted by Crippen LogP contribution is 2.08. The van der Waals surface area contributed by atoms with E-state index in [-0.39, 0.29) is 5.54 Å². The second kappa shape index (κ2) is 4.75. The van der Waals surface area contributed by atoms with E-state index in [0.717, 1.165) is 13.0 Å². The summed E-state index contributed by atoms with van der Waals surface area (Å²) in [5.41, 5.74) is 0.149. The van der Waals surface area contributed by atoms with Gasteiger partial charge in [0.05, 0.1) is 0 Å². The van der Waals surface area contributed by atoms with Crippen LogP contribution in [0.1, 0.15) is 20.3 Å². The van der Waals surface area contributed by atoms with E-state index in [1.54, 1.807) is 0 Å². The summed E-state index contributed by atoms with van der Waals surface area (Å²) < 4.78 is 0. The highest BCUT2D eigenvalue weighted by molar-refractivity contribution is 6.17. The fourth-order valence-corrected chi connectivity index (χ4v) is 1.15. The summed E-state index contributed by atoms with van der Waals surface area (Å²) in [6.07, 6.45) is 2.85. The lowest BCUT2D eigenvalue weighted by Crippen LogP contribution is -2.39. The minimum absolute atomic E-state index is 0.149. The smallest absolute Gasteiger partial charge is 0.0240 e. The first-order valence-corrected chi connectivity index (χ1v) is 4.08. The molecule has 0 aliphatic heterocycles. The molecule has 0 amide bonds. The summed E-state index contributed by atoms with van der Waals surface area (Å²) in [7, 11) is 0. The minimum atomic E-state index is 0.149. The third kappa shape index (κ3) is 4.83. The summed E-state index contributed by atoms with van der Waals surface area (Å²) in [6, 6.07) is 0. The quantitative estimate of drug-likeness (QED) is 0.482. The molecule has 1 nitrogen and oxygen atoms in total. The number of alkyl halides is 1. The van der Waals surface area contributed by atoms with Crippen LogP contribution in [0, 0.1) is 0 Å². The van der Waals surface area contributed by atoms with Gasteiger partial charge in [0, 0.05) is 18.0 Å². The molecule has 0 spiro atoms. The second-order valence-corrected chi connectivity index (χ2v) is 3.37. The Bertz CT molecular complexity index is 99.4. The average Bonchev–Trinajstić information content (AvgIpc) is 1.84. The summed E-state index contributed by atoms with van der Waals surface area (Å²) in [5.74, 6) is 0.705. The normalized spacial score (nSPS) is 11.5. The molecule has 60 valence electrons. The van der Waals surface area contributed by atoms with Gasteiger partial charge < -0.3 is 5.32 Å². The third-order valence-electron chi connectivity index (χ3n) is 1.44. The predicted molar refractivity (Wildman–Crippen MR) is 47.6 cm³/mol. The van der Waals surface area contributed by atoms with E-state index in [0.29, 0.717) is 5.88 Å². The Hall–Kier alpha value is -0.0100. The molecule has 2 heteroatoms. The standard InChI is InChI=1S/C8H16ClN/c1-4-7-10-8(2,3)5-6-9/h4,10H,1,5-7H2,2-3H3. The molecule has 10 heavy (non-hydrogen) atoms. The Balaban J connectivity index is 3.51. The molecule has 0 bridgehead atoms. The summed E-state index contributed by atoms with van der Waals surface area (Å²) in [4.78, 5) is 0. The Kier molecular flexibility index (Phi) is 4.75. The van der Waals surface area contributed by atoms with Crippen molar-refractivity contribution in [1.29, 1.82) is 0 Å². The predicted octanol–water partition coefficient (Wildman–Crippen LogP) is 2.17. The van der Waals surface area contributed by atoms with Gasteiger partial charge in [0.15, 0.2) is 0 Å². The van der Waals surface area contributed by atoms with Crippen molar-refractivity contribution in [2.45, 2.75) is 25.8 Å². The van der Waals surface area contributed by atoms with Crippen molar-refractivity contribution in [2.75, 3.05) is 12.4 Å². The van der Waals surface area contributed by atoms with Crippen LogP contribution in [0.3, 0.4) is 0 Å².